The van der Waals surface area contributed by atoms with Gasteiger partial charge in [-0.05, 0) is 25.5 Å². The summed E-state index contributed by atoms with van der Waals surface area (Å²) >= 11 is 1.72. The van der Waals surface area contributed by atoms with Crippen LogP contribution < -0.4 is 5.32 Å². The predicted octanol–water partition coefficient (Wildman–Crippen LogP) is 1.65. The fourth-order valence-corrected chi connectivity index (χ4v) is 3.31. The molecular weight excluding hydrogens is 248 g/mol. The van der Waals surface area contributed by atoms with Crippen LogP contribution in [-0.4, -0.2) is 46.8 Å². The average molecular weight is 272 g/mol. The molecule has 1 heterocycles. The molecule has 104 valence electrons. The lowest BCUT2D eigenvalue weighted by molar-refractivity contribution is -0.152. The normalized spacial score (nSPS) is 20.8. The number of amides is 2. The summed E-state index contributed by atoms with van der Waals surface area (Å²) in [5.41, 5.74) is -0.679. The Hall–Kier alpha value is -0.710. The number of piperazine rings is 1. The molecule has 2 amide bonds. The van der Waals surface area contributed by atoms with E-state index in [1.54, 1.807) is 16.7 Å². The highest BCUT2D eigenvalue weighted by atomic mass is 32.2. The molecule has 1 aliphatic heterocycles. The first-order valence-corrected chi connectivity index (χ1v) is 8.05. The Balaban J connectivity index is 2.97. The van der Waals surface area contributed by atoms with Gasteiger partial charge in [0.25, 0.3) is 0 Å². The van der Waals surface area contributed by atoms with Crippen LogP contribution in [0.3, 0.4) is 0 Å². The van der Waals surface area contributed by atoms with Crippen LogP contribution in [0.5, 0.6) is 0 Å². The first kappa shape index (κ1) is 15.3. The van der Waals surface area contributed by atoms with E-state index in [-0.39, 0.29) is 24.4 Å². The van der Waals surface area contributed by atoms with Crippen LogP contribution in [0.1, 0.15) is 40.0 Å². The molecule has 1 unspecified atom stereocenters. The Morgan fingerprint density at radius 1 is 1.33 bits per heavy atom. The highest BCUT2D eigenvalue weighted by Crippen LogP contribution is 2.25. The van der Waals surface area contributed by atoms with Crippen LogP contribution in [0.2, 0.25) is 0 Å². The number of nitrogens with zero attached hydrogens (tertiary/aromatic N) is 1. The van der Waals surface area contributed by atoms with E-state index in [0.717, 1.165) is 12.2 Å². The van der Waals surface area contributed by atoms with E-state index in [1.807, 2.05) is 20.1 Å². The molecule has 0 aromatic carbocycles. The largest absolute Gasteiger partial charge is 0.340 e. The highest BCUT2D eigenvalue weighted by Gasteiger charge is 2.45. The molecule has 1 atom stereocenters. The monoisotopic (exact) mass is 272 g/mol. The molecule has 0 aliphatic carbocycles. The van der Waals surface area contributed by atoms with E-state index in [1.165, 1.54) is 0 Å². The molecule has 4 nitrogen and oxygen atoms in total. The van der Waals surface area contributed by atoms with Crippen molar-refractivity contribution in [3.63, 3.8) is 0 Å². The molecule has 1 N–H and O–H groups in total. The molecule has 0 saturated carbocycles. The Labute approximate surface area is 114 Å². The Morgan fingerprint density at radius 2 is 1.94 bits per heavy atom. The maximum Gasteiger partial charge on any atom is 0.249 e. The van der Waals surface area contributed by atoms with Crippen molar-refractivity contribution in [1.29, 1.82) is 0 Å². The zero-order valence-electron chi connectivity index (χ0n) is 11.8. The summed E-state index contributed by atoms with van der Waals surface area (Å²) in [7, 11) is 0. The van der Waals surface area contributed by atoms with E-state index in [9.17, 15) is 9.59 Å². The van der Waals surface area contributed by atoms with Gasteiger partial charge in [0.2, 0.25) is 11.8 Å². The van der Waals surface area contributed by atoms with Gasteiger partial charge in [-0.1, -0.05) is 20.8 Å². The molecule has 0 aromatic heterocycles. The van der Waals surface area contributed by atoms with Crippen LogP contribution in [0.15, 0.2) is 0 Å². The lowest BCUT2D eigenvalue weighted by Crippen LogP contribution is -2.68. The lowest BCUT2D eigenvalue weighted by Gasteiger charge is -2.44. The molecule has 5 heteroatoms. The zero-order valence-corrected chi connectivity index (χ0v) is 12.6. The van der Waals surface area contributed by atoms with E-state index in [0.29, 0.717) is 12.8 Å². The van der Waals surface area contributed by atoms with Crippen molar-refractivity contribution in [2.24, 2.45) is 0 Å². The number of rotatable bonds is 6. The van der Waals surface area contributed by atoms with Gasteiger partial charge in [-0.2, -0.15) is 11.8 Å². The molecule has 0 bridgehead atoms. The van der Waals surface area contributed by atoms with Gasteiger partial charge in [0, 0.05) is 11.8 Å². The summed E-state index contributed by atoms with van der Waals surface area (Å²) in [6.45, 7) is 6.20. The van der Waals surface area contributed by atoms with Crippen molar-refractivity contribution >= 4 is 23.6 Å². The first-order chi connectivity index (χ1) is 8.54. The maximum absolute atomic E-state index is 12.6. The van der Waals surface area contributed by atoms with Gasteiger partial charge < -0.3 is 10.2 Å². The zero-order chi connectivity index (χ0) is 13.8. The van der Waals surface area contributed by atoms with Gasteiger partial charge in [-0.15, -0.1) is 0 Å². The molecular formula is C13H24N2O2S. The van der Waals surface area contributed by atoms with Gasteiger partial charge in [0.05, 0.1) is 6.54 Å². The maximum atomic E-state index is 12.6. The predicted molar refractivity (Wildman–Crippen MR) is 75.6 cm³/mol. The van der Waals surface area contributed by atoms with Crippen LogP contribution in [0, 0.1) is 0 Å². The number of hydrogen-bond donors (Lipinski definition) is 1. The fraction of sp³-hybridized carbons (Fsp3) is 0.846. The van der Waals surface area contributed by atoms with E-state index < -0.39 is 5.54 Å². The Morgan fingerprint density at radius 3 is 2.39 bits per heavy atom. The van der Waals surface area contributed by atoms with Gasteiger partial charge >= 0.3 is 0 Å². The quantitative estimate of drug-likeness (QED) is 0.800. The highest BCUT2D eigenvalue weighted by molar-refractivity contribution is 7.98. The smallest absolute Gasteiger partial charge is 0.249 e. The second-order valence-corrected chi connectivity index (χ2v) is 5.70. The summed E-state index contributed by atoms with van der Waals surface area (Å²) in [5, 5.41) is 2.89. The summed E-state index contributed by atoms with van der Waals surface area (Å²) in [6.07, 6.45) is 4.23. The Kier molecular flexibility index (Phi) is 5.50. The molecule has 0 aromatic rings. The van der Waals surface area contributed by atoms with Gasteiger partial charge in [-0.25, -0.2) is 0 Å². The fourth-order valence-electron chi connectivity index (χ4n) is 2.51. The molecule has 1 saturated heterocycles. The number of carbonyl (C=O) groups excluding carboxylic acids is 2. The number of carbonyl (C=O) groups is 2. The van der Waals surface area contributed by atoms with Gasteiger partial charge in [0.1, 0.15) is 5.54 Å². The molecule has 1 fully saturated rings. The summed E-state index contributed by atoms with van der Waals surface area (Å²) in [5.74, 6) is 0.949. The lowest BCUT2D eigenvalue weighted by atomic mass is 9.88. The minimum absolute atomic E-state index is 0.0298. The second kappa shape index (κ2) is 6.45. The summed E-state index contributed by atoms with van der Waals surface area (Å²) in [4.78, 5) is 26.3. The number of thioether (sulfide) groups is 1. The van der Waals surface area contributed by atoms with Crippen molar-refractivity contribution in [3.05, 3.63) is 0 Å². The van der Waals surface area contributed by atoms with E-state index in [4.69, 9.17) is 0 Å². The van der Waals surface area contributed by atoms with Crippen molar-refractivity contribution in [2.45, 2.75) is 51.6 Å². The standard InChI is InChI=1S/C13H24N2O2S/c1-5-10(9-18-4)15-8-11(16)14-13(6-2,7-3)12(15)17/h10H,5-9H2,1-4H3,(H,14,16). The van der Waals surface area contributed by atoms with Gasteiger partial charge in [0.15, 0.2) is 0 Å². The first-order valence-electron chi connectivity index (χ1n) is 6.65. The molecule has 0 radical (unpaired) electrons. The summed E-state index contributed by atoms with van der Waals surface area (Å²) in [6, 6.07) is 0.163. The average Bonchev–Trinajstić information content (AvgIpc) is 2.38. The topological polar surface area (TPSA) is 49.4 Å². The third-order valence-electron chi connectivity index (χ3n) is 3.84. The van der Waals surface area contributed by atoms with Crippen molar-refractivity contribution < 1.29 is 9.59 Å². The van der Waals surface area contributed by atoms with Crippen molar-refractivity contribution in [1.82, 2.24) is 10.2 Å². The minimum Gasteiger partial charge on any atom is -0.340 e. The molecule has 18 heavy (non-hydrogen) atoms. The molecule has 0 spiro atoms. The van der Waals surface area contributed by atoms with Crippen LogP contribution in [0.25, 0.3) is 0 Å². The second-order valence-electron chi connectivity index (χ2n) is 4.79. The minimum atomic E-state index is -0.679. The summed E-state index contributed by atoms with van der Waals surface area (Å²) < 4.78 is 0. The van der Waals surface area contributed by atoms with Crippen molar-refractivity contribution in [2.75, 3.05) is 18.6 Å². The third kappa shape index (κ3) is 2.82. The van der Waals surface area contributed by atoms with Crippen LogP contribution >= 0.6 is 11.8 Å². The molecule has 1 rings (SSSR count). The van der Waals surface area contributed by atoms with Gasteiger partial charge in [-0.3, -0.25) is 9.59 Å². The SMILES string of the molecule is CCC(CSC)N1CC(=O)NC(CC)(CC)C1=O. The van der Waals surface area contributed by atoms with Crippen LogP contribution in [-0.2, 0) is 9.59 Å². The Bertz CT molecular complexity index is 316. The van der Waals surface area contributed by atoms with Crippen molar-refractivity contribution in [3.8, 4) is 0 Å². The van der Waals surface area contributed by atoms with E-state index in [2.05, 4.69) is 12.2 Å². The number of nitrogens with one attached hydrogen (secondary N) is 1. The van der Waals surface area contributed by atoms with E-state index >= 15 is 0 Å². The molecule has 1 aliphatic rings. The third-order valence-corrected chi connectivity index (χ3v) is 4.56. The van der Waals surface area contributed by atoms with Crippen LogP contribution in [0.4, 0.5) is 0 Å². The number of hydrogen-bond acceptors (Lipinski definition) is 3.